The molecule has 3 amide bonds. The zero-order valence-corrected chi connectivity index (χ0v) is 18.0. The van der Waals surface area contributed by atoms with Crippen LogP contribution in [0.1, 0.15) is 45.6 Å². The minimum Gasteiger partial charge on any atom is -0.323 e. The molecule has 7 nitrogen and oxygen atoms in total. The van der Waals surface area contributed by atoms with E-state index in [0.717, 1.165) is 10.7 Å². The molecule has 154 valence electrons. The molecule has 1 aromatic carbocycles. The van der Waals surface area contributed by atoms with Gasteiger partial charge in [0.1, 0.15) is 5.54 Å². The highest BCUT2D eigenvalue weighted by molar-refractivity contribution is 7.89. The Morgan fingerprint density at radius 3 is 2.50 bits per heavy atom. The van der Waals surface area contributed by atoms with Crippen molar-refractivity contribution in [2.75, 3.05) is 14.1 Å². The molecule has 1 aliphatic heterocycles. The van der Waals surface area contributed by atoms with E-state index in [4.69, 9.17) is 0 Å². The highest BCUT2D eigenvalue weighted by Crippen LogP contribution is 2.46. The van der Waals surface area contributed by atoms with E-state index in [2.05, 4.69) is 26.1 Å². The van der Waals surface area contributed by atoms with Crippen molar-refractivity contribution < 1.29 is 18.0 Å². The number of imide groups is 1. The molecule has 28 heavy (non-hydrogen) atoms. The molecular formula is C20H29N3O4S. The fourth-order valence-electron chi connectivity index (χ4n) is 4.85. The highest BCUT2D eigenvalue weighted by Gasteiger charge is 2.56. The second-order valence-electron chi connectivity index (χ2n) is 9.19. The van der Waals surface area contributed by atoms with Crippen molar-refractivity contribution in [3.05, 3.63) is 29.8 Å². The van der Waals surface area contributed by atoms with Gasteiger partial charge in [0.2, 0.25) is 10.0 Å². The third kappa shape index (κ3) is 3.67. The number of hydrogen-bond donors (Lipinski definition) is 1. The zero-order valence-electron chi connectivity index (χ0n) is 17.2. The summed E-state index contributed by atoms with van der Waals surface area (Å²) in [7, 11) is -0.645. The summed E-state index contributed by atoms with van der Waals surface area (Å²) in [4.78, 5) is 27.2. The smallest absolute Gasteiger partial charge is 0.323 e. The largest absolute Gasteiger partial charge is 0.325 e. The van der Waals surface area contributed by atoms with Crippen LogP contribution in [-0.2, 0) is 21.4 Å². The Bertz CT molecular complexity index is 910. The number of carbonyl (C=O) groups is 2. The van der Waals surface area contributed by atoms with Crippen molar-refractivity contribution in [2.24, 2.45) is 11.3 Å². The zero-order chi connectivity index (χ0) is 20.9. The van der Waals surface area contributed by atoms with Crippen LogP contribution >= 0.6 is 0 Å². The molecule has 2 fully saturated rings. The number of nitrogens with one attached hydrogen (secondary N) is 1. The fourth-order valence-corrected chi connectivity index (χ4v) is 5.82. The Morgan fingerprint density at radius 2 is 1.89 bits per heavy atom. The first kappa shape index (κ1) is 20.8. The Morgan fingerprint density at radius 1 is 1.21 bits per heavy atom. The topological polar surface area (TPSA) is 86.8 Å². The van der Waals surface area contributed by atoms with Crippen molar-refractivity contribution in [1.29, 1.82) is 0 Å². The molecule has 2 aliphatic rings. The van der Waals surface area contributed by atoms with Gasteiger partial charge in [0, 0.05) is 14.1 Å². The van der Waals surface area contributed by atoms with Gasteiger partial charge in [-0.25, -0.2) is 17.5 Å². The second-order valence-corrected chi connectivity index (χ2v) is 11.3. The van der Waals surface area contributed by atoms with Crippen molar-refractivity contribution in [2.45, 2.75) is 57.0 Å². The molecule has 1 saturated carbocycles. The maximum absolute atomic E-state index is 13.2. The average Bonchev–Trinajstić information content (AvgIpc) is 2.76. The van der Waals surface area contributed by atoms with E-state index in [9.17, 15) is 18.0 Å². The van der Waals surface area contributed by atoms with E-state index in [0.29, 0.717) is 24.3 Å². The van der Waals surface area contributed by atoms with Crippen LogP contribution in [0.4, 0.5) is 4.79 Å². The first-order chi connectivity index (χ1) is 12.9. The SMILES string of the molecule is C[C@@H]1CC(C)(C)C[C@@]2(C1)NC(=O)N(Cc1cccc(S(=O)(=O)N(C)C)c1)C2=O. The number of sulfonamides is 1. The number of rotatable bonds is 4. The predicted molar refractivity (Wildman–Crippen MR) is 106 cm³/mol. The van der Waals surface area contributed by atoms with E-state index in [1.54, 1.807) is 12.1 Å². The van der Waals surface area contributed by atoms with Gasteiger partial charge < -0.3 is 5.32 Å². The van der Waals surface area contributed by atoms with E-state index in [1.807, 2.05) is 0 Å². The van der Waals surface area contributed by atoms with Gasteiger partial charge in [0.05, 0.1) is 11.4 Å². The van der Waals surface area contributed by atoms with E-state index < -0.39 is 21.6 Å². The number of nitrogens with zero attached hydrogens (tertiary/aromatic N) is 2. The Balaban J connectivity index is 1.86. The summed E-state index contributed by atoms with van der Waals surface area (Å²) in [5.74, 6) is 0.125. The van der Waals surface area contributed by atoms with Gasteiger partial charge in [-0.05, 0) is 48.3 Å². The summed E-state index contributed by atoms with van der Waals surface area (Å²) in [6, 6.07) is 5.99. The number of urea groups is 1. The predicted octanol–water partition coefficient (Wildman–Crippen LogP) is 2.57. The molecule has 1 aliphatic carbocycles. The van der Waals surface area contributed by atoms with Gasteiger partial charge in [0.25, 0.3) is 5.91 Å². The van der Waals surface area contributed by atoms with Gasteiger partial charge in [-0.3, -0.25) is 9.69 Å². The number of amides is 3. The molecule has 3 rings (SSSR count). The molecule has 1 spiro atoms. The summed E-state index contributed by atoms with van der Waals surface area (Å²) >= 11 is 0. The van der Waals surface area contributed by atoms with Crippen molar-refractivity contribution in [3.8, 4) is 0 Å². The summed E-state index contributed by atoms with van der Waals surface area (Å²) in [5.41, 5.74) is -0.284. The van der Waals surface area contributed by atoms with Gasteiger partial charge in [-0.2, -0.15) is 0 Å². The maximum Gasteiger partial charge on any atom is 0.325 e. The summed E-state index contributed by atoms with van der Waals surface area (Å²) in [5, 5.41) is 2.95. The standard InChI is InChI=1S/C20H29N3O4S/c1-14-10-19(2,3)13-20(11-14)17(24)23(18(25)21-20)12-15-7-6-8-16(9-15)28(26,27)22(4)5/h6-9,14H,10-13H2,1-5H3,(H,21,25)/t14-,20-/m1/s1. The van der Waals surface area contributed by atoms with Crippen LogP contribution in [-0.4, -0.2) is 49.2 Å². The number of carbonyl (C=O) groups excluding carboxylic acids is 2. The third-order valence-corrected chi connectivity index (χ3v) is 7.45. The van der Waals surface area contributed by atoms with Crippen molar-refractivity contribution >= 4 is 22.0 Å². The normalized spacial score (nSPS) is 27.5. The Hall–Kier alpha value is -1.93. The van der Waals surface area contributed by atoms with Crippen LogP contribution in [0.5, 0.6) is 0 Å². The van der Waals surface area contributed by atoms with Crippen LogP contribution in [0.15, 0.2) is 29.2 Å². The molecule has 2 atom stereocenters. The summed E-state index contributed by atoms with van der Waals surface area (Å²) in [6.45, 7) is 6.42. The third-order valence-electron chi connectivity index (χ3n) is 5.64. The minimum atomic E-state index is -3.58. The molecule has 0 aromatic heterocycles. The van der Waals surface area contributed by atoms with E-state index in [1.165, 1.54) is 31.1 Å². The summed E-state index contributed by atoms with van der Waals surface area (Å²) in [6.07, 6.45) is 2.26. The molecule has 8 heteroatoms. The van der Waals surface area contributed by atoms with Gasteiger partial charge in [0.15, 0.2) is 0 Å². The molecular weight excluding hydrogens is 378 g/mol. The molecule has 1 N–H and O–H groups in total. The molecule has 1 heterocycles. The van der Waals surface area contributed by atoms with Crippen LogP contribution in [0.25, 0.3) is 0 Å². The molecule has 0 radical (unpaired) electrons. The first-order valence-corrected chi connectivity index (χ1v) is 11.0. The fraction of sp³-hybridized carbons (Fsp3) is 0.600. The lowest BCUT2D eigenvalue weighted by Gasteiger charge is -2.43. The van der Waals surface area contributed by atoms with Crippen molar-refractivity contribution in [3.63, 3.8) is 0 Å². The lowest BCUT2D eigenvalue weighted by molar-refractivity contribution is -0.135. The number of hydrogen-bond acceptors (Lipinski definition) is 4. The highest BCUT2D eigenvalue weighted by atomic mass is 32.2. The minimum absolute atomic E-state index is 0.0314. The van der Waals surface area contributed by atoms with Gasteiger partial charge in [-0.1, -0.05) is 32.9 Å². The first-order valence-electron chi connectivity index (χ1n) is 9.52. The molecule has 0 bridgehead atoms. The lowest BCUT2D eigenvalue weighted by Crippen LogP contribution is -2.54. The number of benzene rings is 1. The van der Waals surface area contributed by atoms with E-state index in [-0.39, 0.29) is 22.8 Å². The molecule has 0 unspecified atom stereocenters. The maximum atomic E-state index is 13.2. The van der Waals surface area contributed by atoms with Crippen LogP contribution < -0.4 is 5.32 Å². The van der Waals surface area contributed by atoms with Crippen molar-refractivity contribution in [1.82, 2.24) is 14.5 Å². The Kier molecular flexibility index (Phi) is 5.08. The molecule has 1 saturated heterocycles. The quantitative estimate of drug-likeness (QED) is 0.777. The van der Waals surface area contributed by atoms with Crippen LogP contribution in [0.2, 0.25) is 0 Å². The van der Waals surface area contributed by atoms with Crippen LogP contribution in [0.3, 0.4) is 0 Å². The van der Waals surface area contributed by atoms with E-state index >= 15 is 0 Å². The summed E-state index contributed by atoms with van der Waals surface area (Å²) < 4.78 is 25.9. The average molecular weight is 408 g/mol. The van der Waals surface area contributed by atoms with Gasteiger partial charge in [-0.15, -0.1) is 0 Å². The monoisotopic (exact) mass is 407 g/mol. The van der Waals surface area contributed by atoms with Crippen LogP contribution in [0, 0.1) is 11.3 Å². The Labute approximate surface area is 167 Å². The molecule has 1 aromatic rings. The lowest BCUT2D eigenvalue weighted by atomic mass is 9.64. The van der Waals surface area contributed by atoms with Gasteiger partial charge >= 0.3 is 6.03 Å². The second kappa shape index (κ2) is 6.84.